The summed E-state index contributed by atoms with van der Waals surface area (Å²) in [5.74, 6) is 5.65. The molecule has 1 heterocycles. The molecule has 1 aromatic carbocycles. The van der Waals surface area contributed by atoms with Crippen LogP contribution in [0.4, 0.5) is 0 Å². The first kappa shape index (κ1) is 15.0. The van der Waals surface area contributed by atoms with Crippen molar-refractivity contribution in [2.45, 2.75) is 32.2 Å². The van der Waals surface area contributed by atoms with Crippen molar-refractivity contribution >= 4 is 11.6 Å². The lowest BCUT2D eigenvalue weighted by Crippen LogP contribution is -2.38. The number of aryl methyl sites for hydroxylation is 1. The van der Waals surface area contributed by atoms with E-state index in [9.17, 15) is 0 Å². The molecule has 0 amide bonds. The Balaban J connectivity index is 2.03. The number of rotatable bonds is 6. The van der Waals surface area contributed by atoms with E-state index in [0.29, 0.717) is 0 Å². The van der Waals surface area contributed by atoms with Gasteiger partial charge in [-0.25, -0.2) is 0 Å². The van der Waals surface area contributed by atoms with Crippen LogP contribution in [0, 0.1) is 0 Å². The molecule has 3 nitrogen and oxygen atoms in total. The number of halogens is 1. The zero-order valence-corrected chi connectivity index (χ0v) is 12.4. The standard InChI is InChI=1S/C16H20ClN3/c1-2-12-7-8-14(19-11-12)10-15(20-18)9-13-5-3-4-6-16(13)17/h3-8,11,15,20H,2,9-10,18H2,1H3. The van der Waals surface area contributed by atoms with E-state index in [1.54, 1.807) is 0 Å². The average molecular weight is 290 g/mol. The van der Waals surface area contributed by atoms with E-state index < -0.39 is 0 Å². The van der Waals surface area contributed by atoms with Crippen molar-refractivity contribution in [3.8, 4) is 0 Å². The van der Waals surface area contributed by atoms with Crippen molar-refractivity contribution in [2.24, 2.45) is 5.84 Å². The van der Waals surface area contributed by atoms with E-state index in [0.717, 1.165) is 35.5 Å². The molecule has 1 aromatic heterocycles. The number of nitrogens with two attached hydrogens (primary N) is 1. The lowest BCUT2D eigenvalue weighted by molar-refractivity contribution is 0.517. The molecule has 0 aliphatic heterocycles. The third-order valence-electron chi connectivity index (χ3n) is 3.41. The summed E-state index contributed by atoms with van der Waals surface area (Å²) in [4.78, 5) is 4.47. The number of benzene rings is 1. The first-order valence-corrected chi connectivity index (χ1v) is 7.24. The fourth-order valence-electron chi connectivity index (χ4n) is 2.16. The Morgan fingerprint density at radius 3 is 2.60 bits per heavy atom. The molecule has 2 aromatic rings. The highest BCUT2D eigenvalue weighted by Crippen LogP contribution is 2.17. The van der Waals surface area contributed by atoms with Crippen LogP contribution in [0.5, 0.6) is 0 Å². The Morgan fingerprint density at radius 1 is 1.20 bits per heavy atom. The van der Waals surface area contributed by atoms with E-state index in [1.807, 2.05) is 30.5 Å². The van der Waals surface area contributed by atoms with Crippen LogP contribution in [0.2, 0.25) is 5.02 Å². The van der Waals surface area contributed by atoms with E-state index in [4.69, 9.17) is 17.4 Å². The number of hydrogen-bond donors (Lipinski definition) is 2. The molecule has 0 aliphatic rings. The first-order valence-electron chi connectivity index (χ1n) is 6.86. The first-order chi connectivity index (χ1) is 9.72. The summed E-state index contributed by atoms with van der Waals surface area (Å²) in [6.45, 7) is 2.12. The van der Waals surface area contributed by atoms with Crippen LogP contribution in [0.3, 0.4) is 0 Å². The zero-order chi connectivity index (χ0) is 14.4. The smallest absolute Gasteiger partial charge is 0.0438 e. The highest BCUT2D eigenvalue weighted by molar-refractivity contribution is 6.31. The number of pyridine rings is 1. The molecule has 20 heavy (non-hydrogen) atoms. The Labute approximate surface area is 125 Å². The number of hydrogen-bond acceptors (Lipinski definition) is 3. The topological polar surface area (TPSA) is 50.9 Å². The molecular formula is C16H20ClN3. The summed E-state index contributed by atoms with van der Waals surface area (Å²) in [6.07, 6.45) is 4.50. The number of hydrazine groups is 1. The van der Waals surface area contributed by atoms with Crippen LogP contribution < -0.4 is 11.3 Å². The lowest BCUT2D eigenvalue weighted by Gasteiger charge is -2.16. The molecule has 0 saturated carbocycles. The van der Waals surface area contributed by atoms with Gasteiger partial charge in [0.2, 0.25) is 0 Å². The van der Waals surface area contributed by atoms with E-state index in [-0.39, 0.29) is 6.04 Å². The van der Waals surface area contributed by atoms with Crippen molar-refractivity contribution < 1.29 is 0 Å². The lowest BCUT2D eigenvalue weighted by atomic mass is 10.0. The molecule has 1 atom stereocenters. The maximum atomic E-state index is 6.18. The third-order valence-corrected chi connectivity index (χ3v) is 3.78. The third kappa shape index (κ3) is 4.04. The van der Waals surface area contributed by atoms with Crippen LogP contribution in [0.25, 0.3) is 0 Å². The second-order valence-electron chi connectivity index (χ2n) is 4.87. The van der Waals surface area contributed by atoms with Crippen LogP contribution in [-0.4, -0.2) is 11.0 Å². The van der Waals surface area contributed by atoms with Crippen molar-refractivity contribution in [2.75, 3.05) is 0 Å². The van der Waals surface area contributed by atoms with Gasteiger partial charge in [0.25, 0.3) is 0 Å². The Bertz CT molecular complexity index is 540. The molecule has 106 valence electrons. The maximum absolute atomic E-state index is 6.18. The van der Waals surface area contributed by atoms with Gasteiger partial charge in [-0.15, -0.1) is 0 Å². The summed E-state index contributed by atoms with van der Waals surface area (Å²) in [6, 6.07) is 12.2. The summed E-state index contributed by atoms with van der Waals surface area (Å²) >= 11 is 6.18. The average Bonchev–Trinajstić information content (AvgIpc) is 2.49. The van der Waals surface area contributed by atoms with Gasteiger partial charge in [-0.1, -0.05) is 42.8 Å². The molecule has 0 radical (unpaired) electrons. The molecule has 2 rings (SSSR count). The molecule has 3 N–H and O–H groups in total. The molecule has 1 unspecified atom stereocenters. The van der Waals surface area contributed by atoms with E-state index >= 15 is 0 Å². The predicted molar refractivity (Wildman–Crippen MR) is 83.6 cm³/mol. The van der Waals surface area contributed by atoms with E-state index in [1.165, 1.54) is 5.56 Å². The van der Waals surface area contributed by atoms with Gasteiger partial charge in [-0.05, 0) is 36.1 Å². The summed E-state index contributed by atoms with van der Waals surface area (Å²) in [7, 11) is 0. The second kappa shape index (κ2) is 7.39. The monoisotopic (exact) mass is 289 g/mol. The molecule has 0 bridgehead atoms. The SMILES string of the molecule is CCc1ccc(CC(Cc2ccccc2Cl)NN)nc1. The number of aromatic nitrogens is 1. The fraction of sp³-hybridized carbons (Fsp3) is 0.312. The summed E-state index contributed by atoms with van der Waals surface area (Å²) < 4.78 is 0. The highest BCUT2D eigenvalue weighted by atomic mass is 35.5. The van der Waals surface area contributed by atoms with E-state index in [2.05, 4.69) is 29.5 Å². The van der Waals surface area contributed by atoms with Crippen molar-refractivity contribution in [1.82, 2.24) is 10.4 Å². The normalized spacial score (nSPS) is 12.3. The second-order valence-corrected chi connectivity index (χ2v) is 5.28. The van der Waals surface area contributed by atoms with Crippen molar-refractivity contribution in [3.63, 3.8) is 0 Å². The minimum Gasteiger partial charge on any atom is -0.271 e. The number of nitrogens with one attached hydrogen (secondary N) is 1. The molecule has 4 heteroatoms. The Hall–Kier alpha value is -1.42. The quantitative estimate of drug-likeness (QED) is 0.635. The van der Waals surface area contributed by atoms with Gasteiger partial charge in [0.15, 0.2) is 0 Å². The van der Waals surface area contributed by atoms with Crippen LogP contribution in [0.15, 0.2) is 42.6 Å². The summed E-state index contributed by atoms with van der Waals surface area (Å²) in [5, 5.41) is 0.780. The number of nitrogens with zero attached hydrogens (tertiary/aromatic N) is 1. The molecule has 0 aliphatic carbocycles. The van der Waals surface area contributed by atoms with Gasteiger partial charge in [0, 0.05) is 29.4 Å². The van der Waals surface area contributed by atoms with Gasteiger partial charge in [0.05, 0.1) is 0 Å². The van der Waals surface area contributed by atoms with Gasteiger partial charge in [-0.3, -0.25) is 16.3 Å². The maximum Gasteiger partial charge on any atom is 0.0438 e. The highest BCUT2D eigenvalue weighted by Gasteiger charge is 2.11. The van der Waals surface area contributed by atoms with Gasteiger partial charge in [-0.2, -0.15) is 0 Å². The van der Waals surface area contributed by atoms with Crippen LogP contribution >= 0.6 is 11.6 Å². The fourth-order valence-corrected chi connectivity index (χ4v) is 2.37. The minimum absolute atomic E-state index is 0.120. The Morgan fingerprint density at radius 2 is 2.00 bits per heavy atom. The van der Waals surface area contributed by atoms with Crippen molar-refractivity contribution in [3.05, 3.63) is 64.4 Å². The predicted octanol–water partition coefficient (Wildman–Crippen LogP) is 2.91. The van der Waals surface area contributed by atoms with Crippen molar-refractivity contribution in [1.29, 1.82) is 0 Å². The molecular weight excluding hydrogens is 270 g/mol. The molecule has 0 spiro atoms. The Kier molecular flexibility index (Phi) is 5.53. The van der Waals surface area contributed by atoms with Gasteiger partial charge in [0.1, 0.15) is 0 Å². The van der Waals surface area contributed by atoms with Crippen LogP contribution in [-0.2, 0) is 19.3 Å². The largest absolute Gasteiger partial charge is 0.271 e. The van der Waals surface area contributed by atoms with Gasteiger partial charge >= 0.3 is 0 Å². The zero-order valence-electron chi connectivity index (χ0n) is 11.6. The molecule has 0 saturated heterocycles. The molecule has 0 fully saturated rings. The van der Waals surface area contributed by atoms with Crippen LogP contribution in [0.1, 0.15) is 23.7 Å². The minimum atomic E-state index is 0.120. The summed E-state index contributed by atoms with van der Waals surface area (Å²) in [5.41, 5.74) is 6.24. The van der Waals surface area contributed by atoms with Gasteiger partial charge < -0.3 is 0 Å².